The van der Waals surface area contributed by atoms with E-state index in [1.807, 2.05) is 0 Å². The number of carboxylic acids is 2. The van der Waals surface area contributed by atoms with Crippen molar-refractivity contribution in [1.82, 2.24) is 0 Å². The highest BCUT2D eigenvalue weighted by Gasteiger charge is 2.10. The zero-order valence-electron chi connectivity index (χ0n) is 9.07. The van der Waals surface area contributed by atoms with Crippen LogP contribution in [0.4, 0.5) is 0 Å². The predicted octanol–water partition coefficient (Wildman–Crippen LogP) is -0.646. The van der Waals surface area contributed by atoms with E-state index in [0.29, 0.717) is 12.2 Å². The van der Waals surface area contributed by atoms with Gasteiger partial charge >= 0.3 is 23.9 Å². The molecule has 0 aromatic carbocycles. The molecule has 1 fully saturated rings. The second kappa shape index (κ2) is 8.65. The van der Waals surface area contributed by atoms with Crippen LogP contribution in [0.15, 0.2) is 24.3 Å². The van der Waals surface area contributed by atoms with E-state index in [0.717, 1.165) is 25.4 Å². The van der Waals surface area contributed by atoms with Gasteiger partial charge in [-0.25, -0.2) is 19.2 Å². The maximum Gasteiger partial charge on any atom is 0.338 e. The van der Waals surface area contributed by atoms with Gasteiger partial charge in [0.2, 0.25) is 0 Å². The molecule has 8 heteroatoms. The van der Waals surface area contributed by atoms with Gasteiger partial charge in [0.1, 0.15) is 0 Å². The molecule has 1 saturated heterocycles. The van der Waals surface area contributed by atoms with Crippen molar-refractivity contribution < 1.29 is 38.9 Å². The highest BCUT2D eigenvalue weighted by molar-refractivity contribution is 6.04. The van der Waals surface area contributed by atoms with Crippen LogP contribution in [0.5, 0.6) is 0 Å². The van der Waals surface area contributed by atoms with Gasteiger partial charge in [0.05, 0.1) is 13.2 Å². The summed E-state index contributed by atoms with van der Waals surface area (Å²) in [5.41, 5.74) is 0. The first-order valence-electron chi connectivity index (χ1n) is 4.57. The first-order valence-corrected chi connectivity index (χ1v) is 4.57. The molecule has 2 N–H and O–H groups in total. The topological polar surface area (TPSA) is 130 Å². The van der Waals surface area contributed by atoms with Crippen molar-refractivity contribution in [3.63, 3.8) is 0 Å². The van der Waals surface area contributed by atoms with E-state index < -0.39 is 23.9 Å². The molecule has 0 radical (unpaired) electrons. The van der Waals surface area contributed by atoms with Gasteiger partial charge < -0.3 is 19.7 Å². The Morgan fingerprint density at radius 3 is 1.44 bits per heavy atom. The fraction of sp³-hybridized carbons (Fsp3) is 0.200. The quantitative estimate of drug-likeness (QED) is 0.289. The normalized spacial score (nSPS) is 15.1. The highest BCUT2D eigenvalue weighted by atomic mass is 16.6. The Labute approximate surface area is 101 Å². The molecule has 2 aliphatic heterocycles. The molecule has 2 heterocycles. The van der Waals surface area contributed by atoms with Crippen molar-refractivity contribution in [3.8, 4) is 0 Å². The van der Waals surface area contributed by atoms with Gasteiger partial charge in [0, 0.05) is 24.3 Å². The Hall–Kier alpha value is -2.48. The van der Waals surface area contributed by atoms with Gasteiger partial charge in [0.15, 0.2) is 0 Å². The third kappa shape index (κ3) is 13.5. The average Bonchev–Trinajstić information content (AvgIpc) is 3.09. The summed E-state index contributed by atoms with van der Waals surface area (Å²) >= 11 is 0. The average molecular weight is 258 g/mol. The number of hydrogen-bond donors (Lipinski definition) is 2. The number of epoxide rings is 1. The summed E-state index contributed by atoms with van der Waals surface area (Å²) in [6.45, 7) is 2.00. The minimum absolute atomic E-state index is 0.558. The van der Waals surface area contributed by atoms with Crippen molar-refractivity contribution in [3.05, 3.63) is 24.3 Å². The summed E-state index contributed by atoms with van der Waals surface area (Å²) < 4.78 is 8.47. The van der Waals surface area contributed by atoms with Crippen LogP contribution in [-0.2, 0) is 28.7 Å². The number of ether oxygens (including phenoxy) is 2. The van der Waals surface area contributed by atoms with Gasteiger partial charge in [-0.05, 0) is 0 Å². The Kier molecular flexibility index (Phi) is 7.46. The molecule has 98 valence electrons. The molecular weight excluding hydrogens is 248 g/mol. The summed E-state index contributed by atoms with van der Waals surface area (Å²) in [6, 6.07) is 0. The molecule has 8 nitrogen and oxygen atoms in total. The molecule has 0 saturated carbocycles. The largest absolute Gasteiger partial charge is 0.478 e. The van der Waals surface area contributed by atoms with E-state index in [2.05, 4.69) is 9.47 Å². The first-order chi connectivity index (χ1) is 8.41. The van der Waals surface area contributed by atoms with E-state index in [1.165, 1.54) is 0 Å². The summed E-state index contributed by atoms with van der Waals surface area (Å²) in [6.07, 6.45) is 3.29. The van der Waals surface area contributed by atoms with Crippen LogP contribution in [0.3, 0.4) is 0 Å². The second-order valence-corrected chi connectivity index (χ2v) is 2.70. The van der Waals surface area contributed by atoms with Gasteiger partial charge in [-0.15, -0.1) is 0 Å². The molecule has 0 spiro atoms. The number of carbonyl (C=O) groups is 4. The molecule has 0 aromatic heterocycles. The fourth-order valence-corrected chi connectivity index (χ4v) is 0.446. The van der Waals surface area contributed by atoms with E-state index in [9.17, 15) is 19.2 Å². The van der Waals surface area contributed by atoms with Gasteiger partial charge in [0.25, 0.3) is 0 Å². The number of cyclic esters (lactones) is 2. The number of hydrogen-bond acceptors (Lipinski definition) is 6. The molecule has 0 aliphatic carbocycles. The van der Waals surface area contributed by atoms with Crippen molar-refractivity contribution in [2.45, 2.75) is 0 Å². The number of carbonyl (C=O) groups excluding carboxylic acids is 2. The van der Waals surface area contributed by atoms with Crippen molar-refractivity contribution in [2.75, 3.05) is 13.2 Å². The maximum absolute atomic E-state index is 9.92. The van der Waals surface area contributed by atoms with E-state index in [-0.39, 0.29) is 0 Å². The molecule has 0 bridgehead atoms. The molecule has 2 rings (SSSR count). The lowest BCUT2D eigenvalue weighted by Crippen LogP contribution is -1.96. The maximum atomic E-state index is 9.92. The molecular formula is C10H10O8. The molecule has 2 aliphatic rings. The minimum Gasteiger partial charge on any atom is -0.478 e. The summed E-state index contributed by atoms with van der Waals surface area (Å²) in [5, 5.41) is 15.6. The Bertz CT molecular complexity index is 356. The van der Waals surface area contributed by atoms with Gasteiger partial charge in [-0.1, -0.05) is 0 Å². The van der Waals surface area contributed by atoms with Crippen LogP contribution in [0.25, 0.3) is 0 Å². The van der Waals surface area contributed by atoms with Crippen molar-refractivity contribution in [1.29, 1.82) is 0 Å². The summed E-state index contributed by atoms with van der Waals surface area (Å²) in [5.74, 6) is -3.67. The summed E-state index contributed by atoms with van der Waals surface area (Å²) in [7, 11) is 0. The van der Waals surface area contributed by atoms with E-state index in [4.69, 9.17) is 10.2 Å². The van der Waals surface area contributed by atoms with Gasteiger partial charge in [-0.2, -0.15) is 0 Å². The zero-order valence-corrected chi connectivity index (χ0v) is 9.07. The van der Waals surface area contributed by atoms with Crippen molar-refractivity contribution in [2.24, 2.45) is 0 Å². The Morgan fingerprint density at radius 2 is 1.33 bits per heavy atom. The van der Waals surface area contributed by atoms with Crippen LogP contribution in [0.1, 0.15) is 0 Å². The van der Waals surface area contributed by atoms with Crippen LogP contribution >= 0.6 is 0 Å². The smallest absolute Gasteiger partial charge is 0.338 e. The monoisotopic (exact) mass is 258 g/mol. The third-order valence-corrected chi connectivity index (χ3v) is 1.13. The zero-order chi connectivity index (χ0) is 14.0. The van der Waals surface area contributed by atoms with Crippen molar-refractivity contribution >= 4 is 23.9 Å². The number of esters is 2. The standard InChI is InChI=1S/C4H4O4.C4H2O3.C2H4O/c5-3(6)1-2-4(7)8;5-3-1-2-4(6)7-3;1-2-3-1/h1-2H,(H,5,6)(H,7,8);1-2H;1-2H2/b2-1-;;. The second-order valence-electron chi connectivity index (χ2n) is 2.70. The minimum atomic E-state index is -1.26. The molecule has 0 amide bonds. The molecule has 0 atom stereocenters. The van der Waals surface area contributed by atoms with Crippen LogP contribution in [0, 0.1) is 0 Å². The van der Waals surface area contributed by atoms with E-state index in [1.54, 1.807) is 0 Å². The molecule has 0 unspecified atom stereocenters. The van der Waals surface area contributed by atoms with Crippen LogP contribution in [-0.4, -0.2) is 47.3 Å². The highest BCUT2D eigenvalue weighted by Crippen LogP contribution is 1.92. The number of rotatable bonds is 2. The molecule has 0 aromatic rings. The first kappa shape index (κ1) is 15.5. The van der Waals surface area contributed by atoms with Crippen LogP contribution in [0.2, 0.25) is 0 Å². The Morgan fingerprint density at radius 1 is 1.00 bits per heavy atom. The third-order valence-electron chi connectivity index (χ3n) is 1.13. The lowest BCUT2D eigenvalue weighted by atomic mass is 10.5. The SMILES string of the molecule is C1CO1.O=C(O)/C=C\C(=O)O.O=C1C=CC(=O)O1. The van der Waals surface area contributed by atoms with Crippen LogP contribution < -0.4 is 0 Å². The number of aliphatic carboxylic acids is 2. The number of carboxylic acid groups (broad SMARTS) is 2. The fourth-order valence-electron chi connectivity index (χ4n) is 0.446. The lowest BCUT2D eigenvalue weighted by molar-refractivity contribution is -0.150. The summed E-state index contributed by atoms with van der Waals surface area (Å²) in [4.78, 5) is 39.0. The lowest BCUT2D eigenvalue weighted by Gasteiger charge is -1.80. The van der Waals surface area contributed by atoms with E-state index >= 15 is 0 Å². The predicted molar refractivity (Wildman–Crippen MR) is 55.5 cm³/mol. The van der Waals surface area contributed by atoms with Gasteiger partial charge in [-0.3, -0.25) is 0 Å². The molecule has 18 heavy (non-hydrogen) atoms. The Balaban J connectivity index is 0.000000261.